The first-order chi connectivity index (χ1) is 14.4. The Kier molecular flexibility index (Phi) is 8.80. The normalized spacial score (nSPS) is 18.7. The van der Waals surface area contributed by atoms with Crippen molar-refractivity contribution in [3.8, 4) is 0 Å². The fourth-order valence-corrected chi connectivity index (χ4v) is 3.05. The van der Waals surface area contributed by atoms with Gasteiger partial charge in [-0.2, -0.15) is 0 Å². The van der Waals surface area contributed by atoms with Gasteiger partial charge in [0.2, 0.25) is 11.8 Å². The predicted molar refractivity (Wildman–Crippen MR) is 112 cm³/mol. The summed E-state index contributed by atoms with van der Waals surface area (Å²) in [5.74, 6) is -1.58. The minimum atomic E-state index is -0.631. The molecule has 0 saturated heterocycles. The van der Waals surface area contributed by atoms with Crippen LogP contribution in [0.3, 0.4) is 0 Å². The second-order valence-electron chi connectivity index (χ2n) is 7.08. The van der Waals surface area contributed by atoms with Crippen LogP contribution in [0.1, 0.15) is 32.6 Å². The number of hydrogen-bond acceptors (Lipinski definition) is 6. The number of esters is 2. The number of nitrogens with one attached hydrogen (secondary N) is 2. The van der Waals surface area contributed by atoms with Gasteiger partial charge in [0.15, 0.2) is 0 Å². The number of amides is 2. The molecule has 30 heavy (non-hydrogen) atoms. The van der Waals surface area contributed by atoms with Crippen LogP contribution >= 0.6 is 0 Å². The van der Waals surface area contributed by atoms with Crippen LogP contribution in [-0.2, 0) is 28.7 Å². The van der Waals surface area contributed by atoms with Crippen molar-refractivity contribution in [2.75, 3.05) is 17.7 Å². The summed E-state index contributed by atoms with van der Waals surface area (Å²) in [6.07, 6.45) is 8.14. The van der Waals surface area contributed by atoms with E-state index in [9.17, 15) is 19.2 Å². The molecular weight excluding hydrogens is 388 g/mol. The Hall–Kier alpha value is -3.42. The van der Waals surface area contributed by atoms with E-state index in [1.807, 2.05) is 0 Å². The zero-order valence-corrected chi connectivity index (χ0v) is 17.1. The number of methoxy groups -OCH3 is 1. The first-order valence-corrected chi connectivity index (χ1v) is 9.72. The number of benzene rings is 1. The average molecular weight is 414 g/mol. The molecule has 1 aliphatic rings. The molecule has 0 aliphatic heterocycles. The summed E-state index contributed by atoms with van der Waals surface area (Å²) < 4.78 is 9.78. The van der Waals surface area contributed by atoms with Crippen LogP contribution in [0.15, 0.2) is 48.6 Å². The van der Waals surface area contributed by atoms with E-state index in [1.54, 1.807) is 24.3 Å². The molecule has 0 heterocycles. The summed E-state index contributed by atoms with van der Waals surface area (Å²) >= 11 is 0. The number of ether oxygens (including phenoxy) is 2. The van der Waals surface area contributed by atoms with Crippen LogP contribution in [0.25, 0.3) is 0 Å². The highest BCUT2D eigenvalue weighted by molar-refractivity contribution is 6.04. The standard InChI is InChI=1S/C22H26N2O6/c1-15-4-3-5-18(14-15)30-22(28)13-11-20(26)24-17-8-6-16(7-9-17)23-19(25)10-12-21(27)29-2/h6-13,15,18H,3-5,14H2,1-2H3,(H,23,25)(H,24,26)/b12-10-,13-11-. The zero-order chi connectivity index (χ0) is 21.9. The van der Waals surface area contributed by atoms with Crippen LogP contribution in [0.5, 0.6) is 0 Å². The Morgan fingerprint density at radius 2 is 1.40 bits per heavy atom. The van der Waals surface area contributed by atoms with Gasteiger partial charge in [-0.3, -0.25) is 9.59 Å². The Balaban J connectivity index is 1.78. The second-order valence-corrected chi connectivity index (χ2v) is 7.08. The molecule has 2 rings (SSSR count). The lowest BCUT2D eigenvalue weighted by molar-refractivity contribution is -0.145. The Labute approximate surface area is 175 Å². The Morgan fingerprint density at radius 3 is 1.90 bits per heavy atom. The van der Waals surface area contributed by atoms with Gasteiger partial charge in [0, 0.05) is 35.7 Å². The van der Waals surface area contributed by atoms with E-state index in [0.29, 0.717) is 17.3 Å². The van der Waals surface area contributed by atoms with Crippen LogP contribution in [0.2, 0.25) is 0 Å². The lowest BCUT2D eigenvalue weighted by Crippen LogP contribution is -2.23. The number of carbonyl (C=O) groups excluding carboxylic acids is 4. The maximum Gasteiger partial charge on any atom is 0.331 e. The lowest BCUT2D eigenvalue weighted by atomic mass is 9.89. The molecule has 160 valence electrons. The van der Waals surface area contributed by atoms with E-state index in [2.05, 4.69) is 22.3 Å². The summed E-state index contributed by atoms with van der Waals surface area (Å²) in [5.41, 5.74) is 0.968. The van der Waals surface area contributed by atoms with Gasteiger partial charge in [-0.15, -0.1) is 0 Å². The smallest absolute Gasteiger partial charge is 0.331 e. The molecular formula is C22H26N2O6. The summed E-state index contributed by atoms with van der Waals surface area (Å²) in [6.45, 7) is 2.14. The number of rotatable bonds is 7. The average Bonchev–Trinajstić information content (AvgIpc) is 2.72. The third-order valence-corrected chi connectivity index (χ3v) is 4.53. The molecule has 1 saturated carbocycles. The number of anilines is 2. The van der Waals surface area contributed by atoms with Crippen molar-refractivity contribution in [3.63, 3.8) is 0 Å². The lowest BCUT2D eigenvalue weighted by Gasteiger charge is -2.25. The van der Waals surface area contributed by atoms with Crippen LogP contribution in [-0.4, -0.2) is 37.0 Å². The minimum absolute atomic E-state index is 0.0841. The highest BCUT2D eigenvalue weighted by atomic mass is 16.5. The SMILES string of the molecule is COC(=O)/C=C\C(=O)Nc1ccc(NC(=O)/C=C\C(=O)OC2CCCC(C)C2)cc1. The molecule has 2 atom stereocenters. The van der Waals surface area contributed by atoms with Crippen molar-refractivity contribution in [1.29, 1.82) is 0 Å². The molecule has 1 aromatic rings. The Morgan fingerprint density at radius 1 is 0.867 bits per heavy atom. The molecule has 1 aliphatic carbocycles. The molecule has 2 unspecified atom stereocenters. The largest absolute Gasteiger partial charge is 0.466 e. The van der Waals surface area contributed by atoms with Gasteiger partial charge in [-0.05, 0) is 49.4 Å². The third kappa shape index (κ3) is 8.30. The maximum absolute atomic E-state index is 12.0. The highest BCUT2D eigenvalue weighted by Crippen LogP contribution is 2.25. The number of carbonyl (C=O) groups is 4. The molecule has 0 spiro atoms. The van der Waals surface area contributed by atoms with Gasteiger partial charge in [0.05, 0.1) is 7.11 Å². The summed E-state index contributed by atoms with van der Waals surface area (Å²) in [5, 5.41) is 5.18. The first kappa shape index (κ1) is 22.9. The van der Waals surface area contributed by atoms with Gasteiger partial charge in [0.25, 0.3) is 0 Å². The second kappa shape index (κ2) is 11.5. The highest BCUT2D eigenvalue weighted by Gasteiger charge is 2.21. The fraction of sp³-hybridized carbons (Fsp3) is 0.364. The summed E-state index contributed by atoms with van der Waals surface area (Å²) in [7, 11) is 1.22. The van der Waals surface area contributed by atoms with Crippen LogP contribution < -0.4 is 10.6 Å². The van der Waals surface area contributed by atoms with Gasteiger partial charge in [0.1, 0.15) is 6.10 Å². The zero-order valence-electron chi connectivity index (χ0n) is 17.1. The predicted octanol–water partition coefficient (Wildman–Crippen LogP) is 2.97. The molecule has 0 aromatic heterocycles. The van der Waals surface area contributed by atoms with Gasteiger partial charge in [-0.1, -0.05) is 13.3 Å². The fourth-order valence-electron chi connectivity index (χ4n) is 3.05. The minimum Gasteiger partial charge on any atom is -0.466 e. The molecule has 2 amide bonds. The molecule has 1 fully saturated rings. The van der Waals surface area contributed by atoms with E-state index >= 15 is 0 Å². The van der Waals surface area contributed by atoms with E-state index in [4.69, 9.17) is 4.74 Å². The van der Waals surface area contributed by atoms with Gasteiger partial charge < -0.3 is 20.1 Å². The van der Waals surface area contributed by atoms with Gasteiger partial charge >= 0.3 is 11.9 Å². The topological polar surface area (TPSA) is 111 Å². The van der Waals surface area contributed by atoms with E-state index in [0.717, 1.165) is 50.0 Å². The van der Waals surface area contributed by atoms with Crippen LogP contribution in [0, 0.1) is 5.92 Å². The Bertz CT molecular complexity index is 829. The third-order valence-electron chi connectivity index (χ3n) is 4.53. The molecule has 1 aromatic carbocycles. The molecule has 8 heteroatoms. The van der Waals surface area contributed by atoms with Crippen molar-refractivity contribution >= 4 is 35.1 Å². The van der Waals surface area contributed by atoms with Crippen molar-refractivity contribution < 1.29 is 28.7 Å². The van der Waals surface area contributed by atoms with E-state index in [1.165, 1.54) is 7.11 Å². The molecule has 2 N–H and O–H groups in total. The maximum atomic E-state index is 12.0. The summed E-state index contributed by atoms with van der Waals surface area (Å²) in [4.78, 5) is 46.5. The monoisotopic (exact) mass is 414 g/mol. The van der Waals surface area contributed by atoms with E-state index < -0.39 is 23.8 Å². The molecule has 0 bridgehead atoms. The summed E-state index contributed by atoms with van der Waals surface area (Å²) in [6, 6.07) is 6.35. The first-order valence-electron chi connectivity index (χ1n) is 9.72. The van der Waals surface area contributed by atoms with E-state index in [-0.39, 0.29) is 6.10 Å². The number of hydrogen-bond donors (Lipinski definition) is 2. The van der Waals surface area contributed by atoms with Crippen molar-refractivity contribution in [2.45, 2.75) is 38.7 Å². The quantitative estimate of drug-likeness (QED) is 0.524. The molecule has 8 nitrogen and oxygen atoms in total. The van der Waals surface area contributed by atoms with Gasteiger partial charge in [-0.25, -0.2) is 9.59 Å². The molecule has 0 radical (unpaired) electrons. The van der Waals surface area contributed by atoms with Crippen molar-refractivity contribution in [2.24, 2.45) is 5.92 Å². The van der Waals surface area contributed by atoms with Crippen molar-refractivity contribution in [3.05, 3.63) is 48.6 Å². The van der Waals surface area contributed by atoms with Crippen molar-refractivity contribution in [1.82, 2.24) is 0 Å². The van der Waals surface area contributed by atoms with Crippen LogP contribution in [0.4, 0.5) is 11.4 Å².